The van der Waals surface area contributed by atoms with Crippen LogP contribution in [0.15, 0.2) is 48.5 Å². The minimum Gasteiger partial charge on any atom is -0.493 e. The molecule has 1 N–H and O–H groups in total. The third-order valence-corrected chi connectivity index (χ3v) is 5.16. The Labute approximate surface area is 189 Å². The molecule has 2 aromatic rings. The average molecular weight is 447 g/mol. The molecule has 6 nitrogen and oxygen atoms in total. The van der Waals surface area contributed by atoms with Crippen LogP contribution in [-0.4, -0.2) is 43.0 Å². The number of carbonyl (C=O) groups is 2. The fraction of sp³-hybridized carbons (Fsp3) is 0.417. The SMILES string of the molecule is CCC(C(=O)NCC(C)C)N(Cc1ccccc1Cl)C(=O)COc1ccccc1OC. The van der Waals surface area contributed by atoms with Crippen LogP contribution < -0.4 is 14.8 Å². The molecule has 31 heavy (non-hydrogen) atoms. The lowest BCUT2D eigenvalue weighted by molar-refractivity contribution is -0.143. The lowest BCUT2D eigenvalue weighted by Crippen LogP contribution is -2.50. The molecule has 0 aliphatic rings. The number of hydrogen-bond donors (Lipinski definition) is 1. The molecule has 1 atom stereocenters. The Hall–Kier alpha value is -2.73. The third kappa shape index (κ3) is 7.17. The molecule has 0 radical (unpaired) electrons. The van der Waals surface area contributed by atoms with Crippen LogP contribution in [0.25, 0.3) is 0 Å². The summed E-state index contributed by atoms with van der Waals surface area (Å²) in [7, 11) is 1.54. The maximum atomic E-state index is 13.2. The van der Waals surface area contributed by atoms with Crippen molar-refractivity contribution in [1.29, 1.82) is 0 Å². The molecule has 7 heteroatoms. The molecule has 0 spiro atoms. The van der Waals surface area contributed by atoms with Crippen LogP contribution in [0.1, 0.15) is 32.8 Å². The van der Waals surface area contributed by atoms with Gasteiger partial charge in [0.1, 0.15) is 6.04 Å². The highest BCUT2D eigenvalue weighted by atomic mass is 35.5. The highest BCUT2D eigenvalue weighted by Crippen LogP contribution is 2.26. The first-order chi connectivity index (χ1) is 14.9. The fourth-order valence-corrected chi connectivity index (χ4v) is 3.31. The predicted octanol–water partition coefficient (Wildman–Crippen LogP) is 4.31. The number of rotatable bonds is 11. The topological polar surface area (TPSA) is 67.9 Å². The van der Waals surface area contributed by atoms with E-state index < -0.39 is 6.04 Å². The van der Waals surface area contributed by atoms with Crippen molar-refractivity contribution in [1.82, 2.24) is 10.2 Å². The van der Waals surface area contributed by atoms with Gasteiger partial charge in [0.05, 0.1) is 7.11 Å². The van der Waals surface area contributed by atoms with Crippen LogP contribution >= 0.6 is 11.6 Å². The van der Waals surface area contributed by atoms with E-state index in [1.807, 2.05) is 45.0 Å². The van der Waals surface area contributed by atoms with Crippen molar-refractivity contribution in [2.45, 2.75) is 39.8 Å². The number of nitrogens with one attached hydrogen (secondary N) is 1. The van der Waals surface area contributed by atoms with Gasteiger partial charge in [0.2, 0.25) is 5.91 Å². The maximum Gasteiger partial charge on any atom is 0.261 e. The summed E-state index contributed by atoms with van der Waals surface area (Å²) in [5.41, 5.74) is 0.768. The van der Waals surface area contributed by atoms with Crippen LogP contribution in [0, 0.1) is 5.92 Å². The van der Waals surface area contributed by atoms with E-state index >= 15 is 0 Å². The summed E-state index contributed by atoms with van der Waals surface area (Å²) in [6.45, 7) is 6.46. The number of carbonyl (C=O) groups excluding carboxylic acids is 2. The van der Waals surface area contributed by atoms with Crippen molar-refractivity contribution in [3.8, 4) is 11.5 Å². The minimum atomic E-state index is -0.635. The summed E-state index contributed by atoms with van der Waals surface area (Å²) in [4.78, 5) is 27.6. The fourth-order valence-electron chi connectivity index (χ4n) is 3.11. The van der Waals surface area contributed by atoms with Crippen molar-refractivity contribution in [2.75, 3.05) is 20.3 Å². The van der Waals surface area contributed by atoms with Crippen LogP contribution in [0.5, 0.6) is 11.5 Å². The number of benzene rings is 2. The van der Waals surface area contributed by atoms with Crippen molar-refractivity contribution in [2.24, 2.45) is 5.92 Å². The number of methoxy groups -OCH3 is 1. The molecule has 0 aliphatic heterocycles. The van der Waals surface area contributed by atoms with Crippen LogP contribution in [-0.2, 0) is 16.1 Å². The van der Waals surface area contributed by atoms with Crippen molar-refractivity contribution >= 4 is 23.4 Å². The number of ether oxygens (including phenoxy) is 2. The maximum absolute atomic E-state index is 13.2. The van der Waals surface area contributed by atoms with Gasteiger partial charge in [0.25, 0.3) is 5.91 Å². The van der Waals surface area contributed by atoms with E-state index in [-0.39, 0.29) is 25.0 Å². The zero-order valence-electron chi connectivity index (χ0n) is 18.6. The van der Waals surface area contributed by atoms with E-state index in [0.717, 1.165) is 5.56 Å². The van der Waals surface area contributed by atoms with E-state index in [1.165, 1.54) is 4.90 Å². The standard InChI is InChI=1S/C24H31ClN2O4/c1-5-20(24(29)26-14-17(2)3)27(15-18-10-6-7-11-19(18)25)23(28)16-31-22-13-9-8-12-21(22)30-4/h6-13,17,20H,5,14-16H2,1-4H3,(H,26,29). The Morgan fingerprint density at radius 1 is 1.06 bits per heavy atom. The second kappa shape index (κ2) is 12.2. The van der Waals surface area contributed by atoms with E-state index in [1.54, 1.807) is 31.4 Å². The number of hydrogen-bond acceptors (Lipinski definition) is 4. The monoisotopic (exact) mass is 446 g/mol. The van der Waals surface area contributed by atoms with Gasteiger partial charge in [-0.05, 0) is 36.1 Å². The van der Waals surface area contributed by atoms with Crippen LogP contribution in [0.4, 0.5) is 0 Å². The highest BCUT2D eigenvalue weighted by molar-refractivity contribution is 6.31. The summed E-state index contributed by atoms with van der Waals surface area (Å²) < 4.78 is 11.0. The molecule has 0 saturated carbocycles. The summed E-state index contributed by atoms with van der Waals surface area (Å²) in [6.07, 6.45) is 0.467. The van der Waals surface area contributed by atoms with E-state index in [2.05, 4.69) is 5.32 Å². The van der Waals surface area contributed by atoms with E-state index in [0.29, 0.717) is 35.4 Å². The lowest BCUT2D eigenvalue weighted by Gasteiger charge is -2.31. The average Bonchev–Trinajstić information content (AvgIpc) is 2.77. The number of para-hydroxylation sites is 2. The Morgan fingerprint density at radius 3 is 2.32 bits per heavy atom. The zero-order valence-corrected chi connectivity index (χ0v) is 19.3. The largest absolute Gasteiger partial charge is 0.493 e. The minimum absolute atomic E-state index is 0.186. The molecule has 0 bridgehead atoms. The molecule has 0 saturated heterocycles. The first kappa shape index (κ1) is 24.5. The molecular formula is C24H31ClN2O4. The summed E-state index contributed by atoms with van der Waals surface area (Å²) in [5.74, 6) is 0.817. The number of amides is 2. The molecular weight excluding hydrogens is 416 g/mol. The van der Waals surface area contributed by atoms with Gasteiger partial charge >= 0.3 is 0 Å². The Bertz CT molecular complexity index is 872. The highest BCUT2D eigenvalue weighted by Gasteiger charge is 2.29. The Kier molecular flexibility index (Phi) is 9.66. The molecule has 2 aromatic carbocycles. The molecule has 2 amide bonds. The molecule has 1 unspecified atom stereocenters. The molecule has 168 valence electrons. The quantitative estimate of drug-likeness (QED) is 0.558. The van der Waals surface area contributed by atoms with Crippen LogP contribution in [0.3, 0.4) is 0 Å². The normalized spacial score (nSPS) is 11.7. The molecule has 2 rings (SSSR count). The second-order valence-corrected chi connectivity index (χ2v) is 8.02. The molecule has 0 aliphatic carbocycles. The molecule has 0 heterocycles. The van der Waals surface area contributed by atoms with Gasteiger partial charge in [-0.3, -0.25) is 9.59 Å². The summed E-state index contributed by atoms with van der Waals surface area (Å²) in [5, 5.41) is 3.48. The van der Waals surface area contributed by atoms with Gasteiger partial charge in [-0.1, -0.05) is 62.7 Å². The van der Waals surface area contributed by atoms with Crippen LogP contribution in [0.2, 0.25) is 5.02 Å². The van der Waals surface area contributed by atoms with Gasteiger partial charge in [-0.2, -0.15) is 0 Å². The van der Waals surface area contributed by atoms with E-state index in [4.69, 9.17) is 21.1 Å². The van der Waals surface area contributed by atoms with Gasteiger partial charge in [-0.15, -0.1) is 0 Å². The van der Waals surface area contributed by atoms with Crippen molar-refractivity contribution < 1.29 is 19.1 Å². The van der Waals surface area contributed by atoms with Gasteiger partial charge in [-0.25, -0.2) is 0 Å². The first-order valence-electron chi connectivity index (χ1n) is 10.4. The third-order valence-electron chi connectivity index (χ3n) is 4.79. The smallest absolute Gasteiger partial charge is 0.261 e. The van der Waals surface area contributed by atoms with Gasteiger partial charge < -0.3 is 19.7 Å². The number of nitrogens with zero attached hydrogens (tertiary/aromatic N) is 1. The number of halogens is 1. The van der Waals surface area contributed by atoms with E-state index in [9.17, 15) is 9.59 Å². The summed E-state index contributed by atoms with van der Waals surface area (Å²) >= 11 is 6.33. The Morgan fingerprint density at radius 2 is 1.71 bits per heavy atom. The van der Waals surface area contributed by atoms with Gasteiger partial charge in [0, 0.05) is 18.1 Å². The second-order valence-electron chi connectivity index (χ2n) is 7.62. The first-order valence-corrected chi connectivity index (χ1v) is 10.8. The zero-order chi connectivity index (χ0) is 22.8. The summed E-state index contributed by atoms with van der Waals surface area (Å²) in [6, 6.07) is 13.8. The van der Waals surface area contributed by atoms with Crippen molar-refractivity contribution in [3.63, 3.8) is 0 Å². The molecule has 0 aromatic heterocycles. The lowest BCUT2D eigenvalue weighted by atomic mass is 10.1. The Balaban J connectivity index is 2.23. The van der Waals surface area contributed by atoms with Gasteiger partial charge in [0.15, 0.2) is 18.1 Å². The van der Waals surface area contributed by atoms with Crippen molar-refractivity contribution in [3.05, 3.63) is 59.1 Å². The molecule has 0 fully saturated rings. The predicted molar refractivity (Wildman–Crippen MR) is 122 cm³/mol.